The molecule has 1 fully saturated rings. The number of hydrogen-bond donors (Lipinski definition) is 0. The zero-order valence-corrected chi connectivity index (χ0v) is 12.2. The van der Waals surface area contributed by atoms with Gasteiger partial charge in [-0.3, -0.25) is 4.79 Å². The highest BCUT2D eigenvalue weighted by Crippen LogP contribution is 2.18. The third-order valence-electron chi connectivity index (χ3n) is 3.89. The summed E-state index contributed by atoms with van der Waals surface area (Å²) in [5.41, 5.74) is 2.46. The maximum Gasteiger partial charge on any atom is 0.227 e. The number of rotatable bonds is 3. The van der Waals surface area contributed by atoms with E-state index in [0.29, 0.717) is 6.54 Å². The molecule has 0 aromatic heterocycles. The van der Waals surface area contributed by atoms with Gasteiger partial charge in [-0.1, -0.05) is 29.8 Å². The first kappa shape index (κ1) is 14.1. The van der Waals surface area contributed by atoms with Crippen LogP contribution in [0.3, 0.4) is 0 Å². The standard InChI is InChI=1S/C16H24N2O/c1-13-6-8-14(9-7-13)11-18(3)16(19)15-5-4-10-17(2)12-15/h6-9,15H,4-5,10-12H2,1-3H3. The quantitative estimate of drug-likeness (QED) is 0.832. The molecule has 0 radical (unpaired) electrons. The molecule has 1 unspecified atom stereocenters. The van der Waals surface area contributed by atoms with Crippen LogP contribution in [-0.4, -0.2) is 42.9 Å². The highest BCUT2D eigenvalue weighted by molar-refractivity contribution is 5.78. The van der Waals surface area contributed by atoms with Gasteiger partial charge in [0.25, 0.3) is 0 Å². The number of piperidine rings is 1. The van der Waals surface area contributed by atoms with E-state index >= 15 is 0 Å². The summed E-state index contributed by atoms with van der Waals surface area (Å²) in [6.07, 6.45) is 2.16. The molecule has 0 spiro atoms. The Morgan fingerprint density at radius 1 is 1.37 bits per heavy atom. The number of carbonyl (C=O) groups excluding carboxylic acids is 1. The molecule has 2 rings (SSSR count). The van der Waals surface area contributed by atoms with Crippen LogP contribution in [0, 0.1) is 12.8 Å². The van der Waals surface area contributed by atoms with Gasteiger partial charge in [0.15, 0.2) is 0 Å². The summed E-state index contributed by atoms with van der Waals surface area (Å²) in [6.45, 7) is 4.80. The summed E-state index contributed by atoms with van der Waals surface area (Å²) in [6, 6.07) is 8.41. The minimum absolute atomic E-state index is 0.175. The van der Waals surface area contributed by atoms with E-state index in [1.54, 1.807) is 0 Å². The summed E-state index contributed by atoms with van der Waals surface area (Å²) < 4.78 is 0. The fourth-order valence-corrected chi connectivity index (χ4v) is 2.72. The van der Waals surface area contributed by atoms with E-state index in [1.807, 2.05) is 11.9 Å². The third kappa shape index (κ3) is 3.80. The Labute approximate surface area is 116 Å². The van der Waals surface area contributed by atoms with Gasteiger partial charge in [0.2, 0.25) is 5.91 Å². The second kappa shape index (κ2) is 6.20. The van der Waals surface area contributed by atoms with E-state index < -0.39 is 0 Å². The predicted molar refractivity (Wildman–Crippen MR) is 77.9 cm³/mol. The maximum absolute atomic E-state index is 12.4. The first-order valence-electron chi connectivity index (χ1n) is 7.05. The van der Waals surface area contributed by atoms with Crippen molar-refractivity contribution in [2.45, 2.75) is 26.3 Å². The van der Waals surface area contributed by atoms with Crippen molar-refractivity contribution < 1.29 is 4.79 Å². The highest BCUT2D eigenvalue weighted by atomic mass is 16.2. The summed E-state index contributed by atoms with van der Waals surface area (Å²) in [5.74, 6) is 0.460. The van der Waals surface area contributed by atoms with Gasteiger partial charge < -0.3 is 9.80 Å². The van der Waals surface area contributed by atoms with Gasteiger partial charge in [0.1, 0.15) is 0 Å². The van der Waals surface area contributed by atoms with Gasteiger partial charge in [-0.2, -0.15) is 0 Å². The molecule has 1 atom stereocenters. The molecule has 1 aliphatic rings. The predicted octanol–water partition coefficient (Wildman–Crippen LogP) is 2.30. The molecule has 3 heteroatoms. The number of carbonyl (C=O) groups is 1. The lowest BCUT2D eigenvalue weighted by Crippen LogP contribution is -2.41. The van der Waals surface area contributed by atoms with Crippen LogP contribution >= 0.6 is 0 Å². The molecule has 19 heavy (non-hydrogen) atoms. The molecular formula is C16H24N2O. The van der Waals surface area contributed by atoms with E-state index in [9.17, 15) is 4.79 Å². The molecule has 0 N–H and O–H groups in total. The Morgan fingerprint density at radius 2 is 2.05 bits per heavy atom. The van der Waals surface area contributed by atoms with E-state index in [4.69, 9.17) is 0 Å². The fraction of sp³-hybridized carbons (Fsp3) is 0.562. The molecule has 1 aromatic rings. The average molecular weight is 260 g/mol. The van der Waals surface area contributed by atoms with Crippen molar-refractivity contribution >= 4 is 5.91 Å². The molecule has 0 aliphatic carbocycles. The Hall–Kier alpha value is -1.35. The van der Waals surface area contributed by atoms with Crippen molar-refractivity contribution in [1.29, 1.82) is 0 Å². The average Bonchev–Trinajstić information content (AvgIpc) is 2.40. The number of nitrogens with zero attached hydrogens (tertiary/aromatic N) is 2. The zero-order valence-electron chi connectivity index (χ0n) is 12.2. The zero-order chi connectivity index (χ0) is 13.8. The Kier molecular flexibility index (Phi) is 4.59. The van der Waals surface area contributed by atoms with Crippen LogP contribution in [0.5, 0.6) is 0 Å². The number of benzene rings is 1. The van der Waals surface area contributed by atoms with Crippen LogP contribution < -0.4 is 0 Å². The Bertz CT molecular complexity index is 427. The third-order valence-corrected chi connectivity index (χ3v) is 3.89. The van der Waals surface area contributed by atoms with Crippen molar-refractivity contribution in [1.82, 2.24) is 9.80 Å². The molecule has 1 heterocycles. The summed E-state index contributed by atoms with van der Waals surface area (Å²) in [7, 11) is 4.01. The number of hydrogen-bond acceptors (Lipinski definition) is 2. The second-order valence-electron chi connectivity index (χ2n) is 5.78. The lowest BCUT2D eigenvalue weighted by atomic mass is 9.97. The normalized spacial score (nSPS) is 20.3. The molecule has 104 valence electrons. The van der Waals surface area contributed by atoms with Gasteiger partial charge >= 0.3 is 0 Å². The van der Waals surface area contributed by atoms with Crippen LogP contribution in [0.4, 0.5) is 0 Å². The van der Waals surface area contributed by atoms with Gasteiger partial charge in [-0.05, 0) is 38.9 Å². The van der Waals surface area contributed by atoms with E-state index in [-0.39, 0.29) is 11.8 Å². The monoisotopic (exact) mass is 260 g/mol. The van der Waals surface area contributed by atoms with Crippen molar-refractivity contribution in [3.63, 3.8) is 0 Å². The molecule has 1 amide bonds. The van der Waals surface area contributed by atoms with E-state index in [1.165, 1.54) is 11.1 Å². The first-order valence-corrected chi connectivity index (χ1v) is 7.05. The van der Waals surface area contributed by atoms with Gasteiger partial charge in [-0.25, -0.2) is 0 Å². The highest BCUT2D eigenvalue weighted by Gasteiger charge is 2.26. The summed E-state index contributed by atoms with van der Waals surface area (Å²) in [4.78, 5) is 16.5. The summed E-state index contributed by atoms with van der Waals surface area (Å²) in [5, 5.41) is 0. The van der Waals surface area contributed by atoms with Gasteiger partial charge in [0, 0.05) is 20.1 Å². The van der Waals surface area contributed by atoms with Crippen molar-refractivity contribution in [2.24, 2.45) is 5.92 Å². The molecule has 1 aliphatic heterocycles. The first-order chi connectivity index (χ1) is 9.06. The molecular weight excluding hydrogens is 236 g/mol. The van der Waals surface area contributed by atoms with Crippen LogP contribution in [0.15, 0.2) is 24.3 Å². The van der Waals surface area contributed by atoms with Crippen molar-refractivity contribution in [3.8, 4) is 0 Å². The lowest BCUT2D eigenvalue weighted by molar-refractivity contribution is -0.136. The molecule has 1 aromatic carbocycles. The van der Waals surface area contributed by atoms with E-state index in [0.717, 1.165) is 25.9 Å². The Balaban J connectivity index is 1.93. The summed E-state index contributed by atoms with van der Waals surface area (Å²) >= 11 is 0. The minimum atomic E-state index is 0.175. The van der Waals surface area contributed by atoms with Crippen LogP contribution in [0.1, 0.15) is 24.0 Å². The van der Waals surface area contributed by atoms with E-state index in [2.05, 4.69) is 43.1 Å². The van der Waals surface area contributed by atoms with Gasteiger partial charge in [0.05, 0.1) is 5.92 Å². The van der Waals surface area contributed by atoms with Crippen molar-refractivity contribution in [2.75, 3.05) is 27.2 Å². The van der Waals surface area contributed by atoms with Crippen LogP contribution in [0.2, 0.25) is 0 Å². The van der Waals surface area contributed by atoms with Crippen LogP contribution in [-0.2, 0) is 11.3 Å². The SMILES string of the molecule is Cc1ccc(CN(C)C(=O)C2CCCN(C)C2)cc1. The fourth-order valence-electron chi connectivity index (χ4n) is 2.72. The number of aryl methyl sites for hydroxylation is 1. The largest absolute Gasteiger partial charge is 0.341 e. The molecule has 3 nitrogen and oxygen atoms in total. The maximum atomic E-state index is 12.4. The minimum Gasteiger partial charge on any atom is -0.341 e. The number of amides is 1. The van der Waals surface area contributed by atoms with Gasteiger partial charge in [-0.15, -0.1) is 0 Å². The number of likely N-dealkylation sites (tertiary alicyclic amines) is 1. The Morgan fingerprint density at radius 3 is 2.68 bits per heavy atom. The van der Waals surface area contributed by atoms with Crippen molar-refractivity contribution in [3.05, 3.63) is 35.4 Å². The lowest BCUT2D eigenvalue weighted by Gasteiger charge is -2.31. The molecule has 0 saturated carbocycles. The van der Waals surface area contributed by atoms with Crippen LogP contribution in [0.25, 0.3) is 0 Å². The molecule has 1 saturated heterocycles. The molecule has 0 bridgehead atoms. The second-order valence-corrected chi connectivity index (χ2v) is 5.78. The smallest absolute Gasteiger partial charge is 0.227 e. The topological polar surface area (TPSA) is 23.6 Å².